The van der Waals surface area contributed by atoms with Crippen molar-refractivity contribution in [2.24, 2.45) is 0 Å². The van der Waals surface area contributed by atoms with Gasteiger partial charge in [-0.1, -0.05) is 12.1 Å². The maximum absolute atomic E-state index is 12.1. The van der Waals surface area contributed by atoms with Gasteiger partial charge in [-0.3, -0.25) is 4.79 Å². The van der Waals surface area contributed by atoms with Crippen molar-refractivity contribution in [3.8, 4) is 5.75 Å². The monoisotopic (exact) mass is 310 g/mol. The van der Waals surface area contributed by atoms with Gasteiger partial charge in [0.15, 0.2) is 0 Å². The number of carboxylic acids is 1. The molecule has 4 N–H and O–H groups in total. The summed E-state index contributed by atoms with van der Waals surface area (Å²) in [4.78, 5) is 22.9. The second-order valence-electron chi connectivity index (χ2n) is 5.19. The summed E-state index contributed by atoms with van der Waals surface area (Å²) in [5.74, 6) is -1.76. The van der Waals surface area contributed by atoms with Gasteiger partial charge in [0.05, 0.1) is 5.57 Å². The molecule has 0 aliphatic carbocycles. The molecule has 23 heavy (non-hydrogen) atoms. The summed E-state index contributed by atoms with van der Waals surface area (Å²) >= 11 is 0. The minimum atomic E-state index is -1.20. The number of carboxylic acid groups (broad SMARTS) is 1. The summed E-state index contributed by atoms with van der Waals surface area (Å²) < 4.78 is 0. The van der Waals surface area contributed by atoms with E-state index in [4.69, 9.17) is 5.11 Å². The molecule has 1 aliphatic heterocycles. The number of phenols is 1. The van der Waals surface area contributed by atoms with Gasteiger partial charge < -0.3 is 20.8 Å². The number of carbonyl (C=O) groups is 2. The van der Waals surface area contributed by atoms with Crippen molar-refractivity contribution >= 4 is 28.8 Å². The number of rotatable bonds is 3. The zero-order valence-corrected chi connectivity index (χ0v) is 12.3. The summed E-state index contributed by atoms with van der Waals surface area (Å²) in [6, 6.07) is 9.73. The van der Waals surface area contributed by atoms with Gasteiger partial charge in [-0.25, -0.2) is 4.79 Å². The van der Waals surface area contributed by atoms with E-state index in [9.17, 15) is 14.7 Å². The van der Waals surface area contributed by atoms with E-state index in [1.165, 1.54) is 18.2 Å². The van der Waals surface area contributed by atoms with Crippen LogP contribution in [0.2, 0.25) is 0 Å². The molecule has 6 nitrogen and oxygen atoms in total. The minimum Gasteiger partial charge on any atom is -0.507 e. The molecule has 3 rings (SSSR count). The van der Waals surface area contributed by atoms with Crippen LogP contribution in [0.1, 0.15) is 21.5 Å². The van der Waals surface area contributed by atoms with Gasteiger partial charge in [-0.05, 0) is 30.7 Å². The molecular weight excluding hydrogens is 296 g/mol. The molecule has 6 heteroatoms. The van der Waals surface area contributed by atoms with Gasteiger partial charge in [-0.2, -0.15) is 0 Å². The van der Waals surface area contributed by atoms with Crippen LogP contribution in [0.25, 0.3) is 5.57 Å². The first-order valence-corrected chi connectivity index (χ1v) is 6.91. The van der Waals surface area contributed by atoms with Gasteiger partial charge in [-0.15, -0.1) is 0 Å². The van der Waals surface area contributed by atoms with Crippen molar-refractivity contribution < 1.29 is 19.8 Å². The number of aromatic hydroxyl groups is 1. The maximum atomic E-state index is 12.1. The van der Waals surface area contributed by atoms with E-state index in [1.807, 2.05) is 25.1 Å². The van der Waals surface area contributed by atoms with Gasteiger partial charge in [0.25, 0.3) is 5.91 Å². The quantitative estimate of drug-likeness (QED) is 0.653. The highest BCUT2D eigenvalue weighted by Crippen LogP contribution is 2.34. The predicted octanol–water partition coefficient (Wildman–Crippen LogP) is 2.80. The second kappa shape index (κ2) is 5.49. The molecule has 116 valence electrons. The zero-order chi connectivity index (χ0) is 16.6. The Bertz CT molecular complexity index is 856. The van der Waals surface area contributed by atoms with Crippen LogP contribution in [-0.4, -0.2) is 22.1 Å². The number of aryl methyl sites for hydroxylation is 1. The third-order valence-electron chi connectivity index (χ3n) is 3.65. The predicted molar refractivity (Wildman–Crippen MR) is 86.5 cm³/mol. The summed E-state index contributed by atoms with van der Waals surface area (Å²) in [7, 11) is 0. The molecule has 0 unspecified atom stereocenters. The largest absolute Gasteiger partial charge is 0.507 e. The SMILES string of the molecule is Cc1cccc2c1C(=CNc1ccc(C(=O)O)c(O)c1)C(=O)N2. The molecule has 1 amide bonds. The summed E-state index contributed by atoms with van der Waals surface area (Å²) in [5, 5.41) is 24.3. The Hall–Kier alpha value is -3.28. The van der Waals surface area contributed by atoms with Gasteiger partial charge >= 0.3 is 5.97 Å². The Labute approximate surface area is 132 Å². The van der Waals surface area contributed by atoms with Crippen LogP contribution in [0, 0.1) is 6.92 Å². The van der Waals surface area contributed by atoms with Crippen molar-refractivity contribution in [1.82, 2.24) is 0 Å². The Morgan fingerprint density at radius 3 is 2.74 bits per heavy atom. The average Bonchev–Trinajstić information content (AvgIpc) is 2.81. The highest BCUT2D eigenvalue weighted by molar-refractivity contribution is 6.32. The van der Waals surface area contributed by atoms with Crippen molar-refractivity contribution in [2.75, 3.05) is 10.6 Å². The van der Waals surface area contributed by atoms with E-state index in [1.54, 1.807) is 6.20 Å². The van der Waals surface area contributed by atoms with E-state index >= 15 is 0 Å². The standard InChI is InChI=1S/C17H14N2O4/c1-9-3-2-4-13-15(9)12(16(21)19-13)8-18-10-5-6-11(17(22)23)14(20)7-10/h2-8,18,20H,1H3,(H,19,21)(H,22,23). The number of fused-ring (bicyclic) bond motifs is 1. The third kappa shape index (κ3) is 2.62. The van der Waals surface area contributed by atoms with E-state index in [0.29, 0.717) is 11.3 Å². The van der Waals surface area contributed by atoms with E-state index in [2.05, 4.69) is 10.6 Å². The molecule has 2 aromatic rings. The molecule has 0 radical (unpaired) electrons. The third-order valence-corrected chi connectivity index (χ3v) is 3.65. The number of carbonyl (C=O) groups excluding carboxylic acids is 1. The highest BCUT2D eigenvalue weighted by Gasteiger charge is 2.25. The van der Waals surface area contributed by atoms with E-state index in [0.717, 1.165) is 16.8 Å². The number of aromatic carboxylic acids is 1. The first-order chi connectivity index (χ1) is 11.0. The summed E-state index contributed by atoms with van der Waals surface area (Å²) in [5.41, 5.74) is 3.35. The Morgan fingerprint density at radius 1 is 1.26 bits per heavy atom. The smallest absolute Gasteiger partial charge is 0.339 e. The Kier molecular flexibility index (Phi) is 3.50. The molecule has 1 aliphatic rings. The lowest BCUT2D eigenvalue weighted by atomic mass is 10.0. The van der Waals surface area contributed by atoms with Gasteiger partial charge in [0.2, 0.25) is 0 Å². The molecule has 0 spiro atoms. The van der Waals surface area contributed by atoms with E-state index in [-0.39, 0.29) is 17.2 Å². The second-order valence-corrected chi connectivity index (χ2v) is 5.19. The molecule has 2 aromatic carbocycles. The van der Waals surface area contributed by atoms with Crippen LogP contribution in [-0.2, 0) is 4.79 Å². The number of amides is 1. The topological polar surface area (TPSA) is 98.7 Å². The molecule has 0 saturated carbocycles. The van der Waals surface area contributed by atoms with E-state index < -0.39 is 5.97 Å². The number of hydrogen-bond acceptors (Lipinski definition) is 4. The van der Waals surface area contributed by atoms with Crippen molar-refractivity contribution in [2.45, 2.75) is 6.92 Å². The number of anilines is 2. The molecule has 1 heterocycles. The minimum absolute atomic E-state index is 0.178. The van der Waals surface area contributed by atoms with Crippen LogP contribution in [0.15, 0.2) is 42.6 Å². The number of hydrogen-bond donors (Lipinski definition) is 4. The fourth-order valence-electron chi connectivity index (χ4n) is 2.53. The van der Waals surface area contributed by atoms with Crippen LogP contribution in [0.3, 0.4) is 0 Å². The first kappa shape index (κ1) is 14.6. The maximum Gasteiger partial charge on any atom is 0.339 e. The lowest BCUT2D eigenvalue weighted by molar-refractivity contribution is -0.110. The molecule has 0 fully saturated rings. The highest BCUT2D eigenvalue weighted by atomic mass is 16.4. The fourth-order valence-corrected chi connectivity index (χ4v) is 2.53. The number of nitrogens with one attached hydrogen (secondary N) is 2. The van der Waals surface area contributed by atoms with Crippen LogP contribution < -0.4 is 10.6 Å². The van der Waals surface area contributed by atoms with Gasteiger partial charge in [0.1, 0.15) is 11.3 Å². The van der Waals surface area contributed by atoms with Crippen LogP contribution in [0.5, 0.6) is 5.75 Å². The molecule has 0 bridgehead atoms. The average molecular weight is 310 g/mol. The lowest BCUT2D eigenvalue weighted by Crippen LogP contribution is -2.05. The summed E-state index contributed by atoms with van der Waals surface area (Å²) in [6.45, 7) is 1.92. The molecular formula is C17H14N2O4. The molecule has 0 aromatic heterocycles. The molecule has 0 saturated heterocycles. The van der Waals surface area contributed by atoms with Crippen molar-refractivity contribution in [1.29, 1.82) is 0 Å². The Balaban J connectivity index is 1.91. The lowest BCUT2D eigenvalue weighted by Gasteiger charge is -2.06. The Morgan fingerprint density at radius 2 is 2.04 bits per heavy atom. The van der Waals surface area contributed by atoms with Crippen molar-refractivity contribution in [3.63, 3.8) is 0 Å². The summed E-state index contributed by atoms with van der Waals surface area (Å²) in [6.07, 6.45) is 1.55. The van der Waals surface area contributed by atoms with Gasteiger partial charge in [0, 0.05) is 29.2 Å². The molecule has 0 atom stereocenters. The normalized spacial score (nSPS) is 14.5. The number of benzene rings is 2. The van der Waals surface area contributed by atoms with Crippen molar-refractivity contribution in [3.05, 3.63) is 59.3 Å². The van der Waals surface area contributed by atoms with Crippen LogP contribution >= 0.6 is 0 Å². The zero-order valence-electron chi connectivity index (χ0n) is 12.3. The fraction of sp³-hybridized carbons (Fsp3) is 0.0588. The van der Waals surface area contributed by atoms with Crippen LogP contribution in [0.4, 0.5) is 11.4 Å². The first-order valence-electron chi connectivity index (χ1n) is 6.91.